The van der Waals surface area contributed by atoms with Crippen LogP contribution in [0, 0.1) is 0 Å². The molecule has 0 fully saturated rings. The van der Waals surface area contributed by atoms with Gasteiger partial charge in [-0.3, -0.25) is 4.79 Å². The smallest absolute Gasteiger partial charge is 0.324 e. The summed E-state index contributed by atoms with van der Waals surface area (Å²) in [5.41, 5.74) is 0. The van der Waals surface area contributed by atoms with Gasteiger partial charge >= 0.3 is 5.97 Å². The van der Waals surface area contributed by atoms with Crippen molar-refractivity contribution in [3.05, 3.63) is 12.7 Å². The standard InChI is InChI=1S/C5H7ClO3/c1-2-3(7)4(6)5(8)9/h2-4,7H,1H2,(H,8,9). The van der Waals surface area contributed by atoms with E-state index in [1.807, 2.05) is 0 Å². The quantitative estimate of drug-likeness (QED) is 0.447. The van der Waals surface area contributed by atoms with E-state index in [9.17, 15) is 4.79 Å². The maximum Gasteiger partial charge on any atom is 0.324 e. The number of aliphatic hydroxyl groups excluding tert-OH is 1. The number of hydrogen-bond acceptors (Lipinski definition) is 2. The summed E-state index contributed by atoms with van der Waals surface area (Å²) in [7, 11) is 0. The van der Waals surface area contributed by atoms with E-state index in [4.69, 9.17) is 21.8 Å². The number of aliphatic hydroxyl groups is 1. The summed E-state index contributed by atoms with van der Waals surface area (Å²) < 4.78 is 0. The molecule has 52 valence electrons. The zero-order valence-electron chi connectivity index (χ0n) is 4.62. The maximum atomic E-state index is 9.96. The molecule has 0 spiro atoms. The minimum atomic E-state index is -1.29. The van der Waals surface area contributed by atoms with Gasteiger partial charge in [0, 0.05) is 0 Å². The summed E-state index contributed by atoms with van der Waals surface area (Å²) in [5.74, 6) is -1.25. The Bertz CT molecular complexity index is 123. The molecule has 0 aliphatic rings. The highest BCUT2D eigenvalue weighted by Crippen LogP contribution is 2.02. The van der Waals surface area contributed by atoms with Crippen molar-refractivity contribution in [1.82, 2.24) is 0 Å². The van der Waals surface area contributed by atoms with E-state index in [1.54, 1.807) is 0 Å². The third kappa shape index (κ3) is 2.49. The highest BCUT2D eigenvalue weighted by molar-refractivity contribution is 6.30. The first-order valence-electron chi connectivity index (χ1n) is 2.27. The Labute approximate surface area is 57.6 Å². The molecule has 0 aliphatic carbocycles. The Balaban J connectivity index is 3.86. The first-order chi connectivity index (χ1) is 4.09. The Kier molecular flexibility index (Phi) is 3.27. The number of carbonyl (C=O) groups is 1. The van der Waals surface area contributed by atoms with Crippen LogP contribution >= 0.6 is 11.6 Å². The molecule has 2 atom stereocenters. The van der Waals surface area contributed by atoms with Gasteiger partial charge in [-0.15, -0.1) is 18.2 Å². The zero-order valence-corrected chi connectivity index (χ0v) is 5.38. The largest absolute Gasteiger partial charge is 0.480 e. The van der Waals surface area contributed by atoms with Gasteiger partial charge < -0.3 is 10.2 Å². The van der Waals surface area contributed by atoms with Crippen molar-refractivity contribution in [2.75, 3.05) is 0 Å². The number of rotatable bonds is 3. The van der Waals surface area contributed by atoms with Crippen molar-refractivity contribution in [1.29, 1.82) is 0 Å². The fraction of sp³-hybridized carbons (Fsp3) is 0.400. The number of hydrogen-bond donors (Lipinski definition) is 2. The van der Waals surface area contributed by atoms with Gasteiger partial charge in [0.25, 0.3) is 0 Å². The summed E-state index contributed by atoms with van der Waals surface area (Å²) in [6, 6.07) is 0. The van der Waals surface area contributed by atoms with Crippen molar-refractivity contribution in [3.63, 3.8) is 0 Å². The van der Waals surface area contributed by atoms with Crippen LogP contribution in [0.4, 0.5) is 0 Å². The van der Waals surface area contributed by atoms with Crippen LogP contribution in [-0.4, -0.2) is 27.7 Å². The molecule has 0 heterocycles. The lowest BCUT2D eigenvalue weighted by Gasteiger charge is -2.05. The van der Waals surface area contributed by atoms with Gasteiger partial charge in [-0.1, -0.05) is 6.08 Å². The topological polar surface area (TPSA) is 57.5 Å². The molecule has 3 nitrogen and oxygen atoms in total. The Morgan fingerprint density at radius 3 is 2.33 bits per heavy atom. The molecule has 0 aromatic heterocycles. The van der Waals surface area contributed by atoms with Gasteiger partial charge in [0.05, 0.1) is 6.10 Å². The highest BCUT2D eigenvalue weighted by Gasteiger charge is 2.20. The van der Waals surface area contributed by atoms with Crippen LogP contribution < -0.4 is 0 Å². The van der Waals surface area contributed by atoms with Crippen molar-refractivity contribution >= 4 is 17.6 Å². The summed E-state index contributed by atoms with van der Waals surface area (Å²) in [4.78, 5) is 9.96. The third-order valence-corrected chi connectivity index (χ3v) is 1.22. The molecule has 0 rings (SSSR count). The molecule has 0 aromatic carbocycles. The number of alkyl halides is 1. The fourth-order valence-corrected chi connectivity index (χ4v) is 0.368. The van der Waals surface area contributed by atoms with Gasteiger partial charge in [-0.05, 0) is 0 Å². The van der Waals surface area contributed by atoms with E-state index < -0.39 is 17.5 Å². The van der Waals surface area contributed by atoms with Crippen LogP contribution in [0.15, 0.2) is 12.7 Å². The van der Waals surface area contributed by atoms with E-state index in [1.165, 1.54) is 0 Å². The zero-order chi connectivity index (χ0) is 7.44. The fourth-order valence-electron chi connectivity index (χ4n) is 0.266. The monoisotopic (exact) mass is 150 g/mol. The van der Waals surface area contributed by atoms with Crippen LogP contribution in [0.5, 0.6) is 0 Å². The molecular weight excluding hydrogens is 144 g/mol. The van der Waals surface area contributed by atoms with Gasteiger partial charge in [-0.25, -0.2) is 0 Å². The second-order valence-electron chi connectivity index (χ2n) is 1.47. The number of carboxylic acid groups (broad SMARTS) is 1. The molecular formula is C5H7ClO3. The Morgan fingerprint density at radius 1 is 1.78 bits per heavy atom. The lowest BCUT2D eigenvalue weighted by molar-refractivity contribution is -0.138. The van der Waals surface area contributed by atoms with Crippen molar-refractivity contribution in [2.24, 2.45) is 0 Å². The predicted molar refractivity (Wildman–Crippen MR) is 33.5 cm³/mol. The number of aliphatic carboxylic acids is 1. The van der Waals surface area contributed by atoms with Crippen molar-refractivity contribution in [2.45, 2.75) is 11.5 Å². The van der Waals surface area contributed by atoms with E-state index in [0.717, 1.165) is 6.08 Å². The summed E-state index contributed by atoms with van der Waals surface area (Å²) in [6.07, 6.45) is -0.102. The van der Waals surface area contributed by atoms with Gasteiger partial charge in [0.1, 0.15) is 0 Å². The summed E-state index contributed by atoms with van der Waals surface area (Å²) >= 11 is 5.15. The lowest BCUT2D eigenvalue weighted by atomic mass is 10.2. The van der Waals surface area contributed by atoms with Crippen molar-refractivity contribution < 1.29 is 15.0 Å². The Morgan fingerprint density at radius 2 is 2.22 bits per heavy atom. The molecule has 4 heteroatoms. The molecule has 2 N–H and O–H groups in total. The lowest BCUT2D eigenvalue weighted by Crippen LogP contribution is -2.26. The summed E-state index contributed by atoms with van der Waals surface area (Å²) in [6.45, 7) is 3.17. The molecule has 0 amide bonds. The summed E-state index contributed by atoms with van der Waals surface area (Å²) in [5, 5.41) is 15.5. The number of halogens is 1. The van der Waals surface area contributed by atoms with Crippen LogP contribution in [0.2, 0.25) is 0 Å². The SMILES string of the molecule is C=CC(O)C(Cl)C(=O)O. The van der Waals surface area contributed by atoms with E-state index in [0.29, 0.717) is 0 Å². The van der Waals surface area contributed by atoms with Gasteiger partial charge in [0.15, 0.2) is 5.38 Å². The average molecular weight is 151 g/mol. The minimum absolute atomic E-state index is 1.08. The van der Waals surface area contributed by atoms with Gasteiger partial charge in [0.2, 0.25) is 0 Å². The molecule has 0 saturated carbocycles. The molecule has 0 radical (unpaired) electrons. The second-order valence-corrected chi connectivity index (χ2v) is 1.94. The van der Waals surface area contributed by atoms with E-state index in [-0.39, 0.29) is 0 Å². The first kappa shape index (κ1) is 8.46. The van der Waals surface area contributed by atoms with Gasteiger partial charge in [-0.2, -0.15) is 0 Å². The molecule has 9 heavy (non-hydrogen) atoms. The van der Waals surface area contributed by atoms with Crippen LogP contribution in [0.3, 0.4) is 0 Å². The predicted octanol–water partition coefficient (Wildman–Crippen LogP) is 0.225. The molecule has 0 saturated heterocycles. The van der Waals surface area contributed by atoms with Crippen molar-refractivity contribution in [3.8, 4) is 0 Å². The molecule has 0 bridgehead atoms. The van der Waals surface area contributed by atoms with Crippen LogP contribution in [0.1, 0.15) is 0 Å². The molecule has 0 aliphatic heterocycles. The van der Waals surface area contributed by atoms with E-state index >= 15 is 0 Å². The first-order valence-corrected chi connectivity index (χ1v) is 2.70. The normalized spacial score (nSPS) is 16.2. The molecule has 0 aromatic rings. The van der Waals surface area contributed by atoms with Crippen LogP contribution in [-0.2, 0) is 4.79 Å². The Hall–Kier alpha value is -0.540. The molecule has 2 unspecified atom stereocenters. The number of carboxylic acids is 1. The average Bonchev–Trinajstić information content (AvgIpc) is 1.84. The minimum Gasteiger partial charge on any atom is -0.480 e. The van der Waals surface area contributed by atoms with Crippen LogP contribution in [0.25, 0.3) is 0 Å². The highest BCUT2D eigenvalue weighted by atomic mass is 35.5. The maximum absolute atomic E-state index is 9.96. The second kappa shape index (κ2) is 3.48. The van der Waals surface area contributed by atoms with E-state index in [2.05, 4.69) is 6.58 Å². The third-order valence-electron chi connectivity index (χ3n) is 0.777.